The predicted molar refractivity (Wildman–Crippen MR) is 111 cm³/mol. The maximum Gasteiger partial charge on any atom is 0.191 e. The molecule has 0 amide bonds. The molecule has 1 aromatic carbocycles. The van der Waals surface area contributed by atoms with Crippen LogP contribution in [0.25, 0.3) is 0 Å². The third-order valence-corrected chi connectivity index (χ3v) is 4.44. The molecule has 1 atom stereocenters. The van der Waals surface area contributed by atoms with Crippen LogP contribution in [-0.2, 0) is 12.6 Å². The number of hydrogen-bond donors (Lipinski definition) is 3. The Hall–Kier alpha value is -2.61. The van der Waals surface area contributed by atoms with E-state index in [2.05, 4.69) is 20.7 Å². The molecule has 0 aliphatic carbocycles. The van der Waals surface area contributed by atoms with Gasteiger partial charge in [0.25, 0.3) is 0 Å². The second-order valence-electron chi connectivity index (χ2n) is 7.02. The predicted octanol–water partition coefficient (Wildman–Crippen LogP) is 1.85. The topological polar surface area (TPSA) is 77.7 Å². The summed E-state index contributed by atoms with van der Waals surface area (Å²) in [7, 11) is 3.69. The Bertz CT molecular complexity index is 774. The molecule has 0 bridgehead atoms. The van der Waals surface area contributed by atoms with E-state index in [9.17, 15) is 9.50 Å². The fraction of sp³-hybridized carbons (Fsp3) is 0.500. The molecular formula is C20H31FN6O. The number of para-hydroxylation sites is 1. The summed E-state index contributed by atoms with van der Waals surface area (Å²) in [6.07, 6.45) is 4.25. The smallest absolute Gasteiger partial charge is 0.191 e. The summed E-state index contributed by atoms with van der Waals surface area (Å²) >= 11 is 0. The van der Waals surface area contributed by atoms with Crippen LogP contribution in [0, 0.1) is 5.82 Å². The number of anilines is 1. The highest BCUT2D eigenvalue weighted by Crippen LogP contribution is 2.20. The zero-order valence-corrected chi connectivity index (χ0v) is 17.1. The van der Waals surface area contributed by atoms with Gasteiger partial charge in [0.15, 0.2) is 5.96 Å². The third kappa shape index (κ3) is 6.23. The maximum absolute atomic E-state index is 13.8. The number of nitrogens with zero attached hydrogens (tertiary/aromatic N) is 4. The van der Waals surface area contributed by atoms with E-state index < -0.39 is 5.60 Å². The van der Waals surface area contributed by atoms with Crippen LogP contribution in [-0.4, -0.2) is 54.1 Å². The van der Waals surface area contributed by atoms with Crippen LogP contribution >= 0.6 is 0 Å². The molecular weight excluding hydrogens is 359 g/mol. The second kappa shape index (κ2) is 10.1. The van der Waals surface area contributed by atoms with Crippen molar-refractivity contribution in [2.45, 2.75) is 25.9 Å². The Morgan fingerprint density at radius 3 is 2.75 bits per heavy atom. The van der Waals surface area contributed by atoms with Gasteiger partial charge in [-0.25, -0.2) is 9.38 Å². The van der Waals surface area contributed by atoms with Crippen LogP contribution < -0.4 is 15.5 Å². The van der Waals surface area contributed by atoms with Crippen molar-refractivity contribution in [2.24, 2.45) is 12.0 Å². The van der Waals surface area contributed by atoms with Crippen molar-refractivity contribution in [1.29, 1.82) is 0 Å². The Balaban J connectivity index is 1.85. The lowest BCUT2D eigenvalue weighted by atomic mass is 10.0. The Morgan fingerprint density at radius 1 is 1.36 bits per heavy atom. The zero-order chi connectivity index (χ0) is 20.6. The molecule has 1 heterocycles. The largest absolute Gasteiger partial charge is 0.383 e. The van der Waals surface area contributed by atoms with E-state index in [0.29, 0.717) is 24.7 Å². The number of halogens is 1. The van der Waals surface area contributed by atoms with Gasteiger partial charge >= 0.3 is 0 Å². The molecule has 7 nitrogen and oxygen atoms in total. The van der Waals surface area contributed by atoms with Gasteiger partial charge in [0.2, 0.25) is 0 Å². The number of guanidine groups is 1. The molecule has 3 N–H and O–H groups in total. The summed E-state index contributed by atoms with van der Waals surface area (Å²) in [4.78, 5) is 6.39. The van der Waals surface area contributed by atoms with Gasteiger partial charge < -0.3 is 20.6 Å². The first-order chi connectivity index (χ1) is 13.3. The van der Waals surface area contributed by atoms with Crippen molar-refractivity contribution in [2.75, 3.05) is 38.1 Å². The van der Waals surface area contributed by atoms with Gasteiger partial charge in [-0.2, -0.15) is 5.10 Å². The molecule has 28 heavy (non-hydrogen) atoms. The molecule has 0 fully saturated rings. The van der Waals surface area contributed by atoms with Crippen LogP contribution in [0.5, 0.6) is 0 Å². The molecule has 1 aromatic heterocycles. The van der Waals surface area contributed by atoms with Crippen molar-refractivity contribution < 1.29 is 9.50 Å². The molecule has 0 saturated carbocycles. The first-order valence-corrected chi connectivity index (χ1v) is 9.53. The molecule has 8 heteroatoms. The van der Waals surface area contributed by atoms with Gasteiger partial charge in [-0.05, 0) is 32.4 Å². The fourth-order valence-corrected chi connectivity index (χ4v) is 2.77. The summed E-state index contributed by atoms with van der Waals surface area (Å²) in [5.41, 5.74) is 0.221. The first kappa shape index (κ1) is 21.7. The van der Waals surface area contributed by atoms with E-state index in [1.807, 2.05) is 32.0 Å². The van der Waals surface area contributed by atoms with E-state index in [1.165, 1.54) is 6.07 Å². The van der Waals surface area contributed by atoms with E-state index in [0.717, 1.165) is 18.5 Å². The monoisotopic (exact) mass is 390 g/mol. The minimum Gasteiger partial charge on any atom is -0.383 e. The number of aliphatic hydroxyl groups is 1. The van der Waals surface area contributed by atoms with Crippen LogP contribution in [0.3, 0.4) is 0 Å². The van der Waals surface area contributed by atoms with Gasteiger partial charge in [-0.3, -0.25) is 4.68 Å². The standard InChI is InChI=1S/C20H31FN6O/c1-5-22-19(24-15-20(2,28)16-13-25-27(4)14-16)23-11-8-12-26(3)18-10-7-6-9-17(18)21/h6-7,9-10,13-14,28H,5,8,11-12,15H2,1-4H3,(H2,22,23,24). The molecule has 2 aromatic rings. The molecule has 1 unspecified atom stereocenters. The lowest BCUT2D eigenvalue weighted by molar-refractivity contribution is 0.0672. The van der Waals surface area contributed by atoms with Crippen molar-refractivity contribution in [3.8, 4) is 0 Å². The minimum absolute atomic E-state index is 0.211. The number of hydrogen-bond acceptors (Lipinski definition) is 4. The van der Waals surface area contributed by atoms with E-state index in [-0.39, 0.29) is 12.4 Å². The number of aryl methyl sites for hydroxylation is 1. The van der Waals surface area contributed by atoms with Gasteiger partial charge in [-0.15, -0.1) is 0 Å². The Labute approximate surface area is 166 Å². The van der Waals surface area contributed by atoms with Gasteiger partial charge in [-0.1, -0.05) is 12.1 Å². The van der Waals surface area contributed by atoms with Crippen LogP contribution in [0.1, 0.15) is 25.8 Å². The molecule has 2 rings (SSSR count). The normalized spacial score (nSPS) is 13.9. The Morgan fingerprint density at radius 2 is 2.11 bits per heavy atom. The number of aromatic nitrogens is 2. The summed E-state index contributed by atoms with van der Waals surface area (Å²) in [5, 5.41) is 21.2. The molecule has 0 saturated heterocycles. The lowest BCUT2D eigenvalue weighted by Crippen LogP contribution is -2.40. The van der Waals surface area contributed by atoms with Crippen molar-refractivity contribution in [3.63, 3.8) is 0 Å². The molecule has 0 aliphatic rings. The SMILES string of the molecule is CCNC(=NCC(C)(O)c1cnn(C)c1)NCCCN(C)c1ccccc1F. The minimum atomic E-state index is -1.10. The Kier molecular flexibility index (Phi) is 7.80. The van der Waals surface area contributed by atoms with Crippen molar-refractivity contribution in [1.82, 2.24) is 20.4 Å². The van der Waals surface area contributed by atoms with E-state index in [4.69, 9.17) is 0 Å². The van der Waals surface area contributed by atoms with Gasteiger partial charge in [0, 0.05) is 45.5 Å². The quantitative estimate of drug-likeness (QED) is 0.346. The van der Waals surface area contributed by atoms with Crippen LogP contribution in [0.15, 0.2) is 41.7 Å². The first-order valence-electron chi connectivity index (χ1n) is 9.53. The highest BCUT2D eigenvalue weighted by molar-refractivity contribution is 5.79. The summed E-state index contributed by atoms with van der Waals surface area (Å²) in [6, 6.07) is 6.76. The van der Waals surface area contributed by atoms with Crippen molar-refractivity contribution >= 4 is 11.6 Å². The average molecular weight is 391 g/mol. The molecule has 154 valence electrons. The lowest BCUT2D eigenvalue weighted by Gasteiger charge is -2.21. The molecule has 0 aliphatic heterocycles. The number of rotatable bonds is 9. The van der Waals surface area contributed by atoms with Gasteiger partial charge in [0.05, 0.1) is 18.4 Å². The summed E-state index contributed by atoms with van der Waals surface area (Å²) in [6.45, 7) is 6.03. The highest BCUT2D eigenvalue weighted by Gasteiger charge is 2.24. The second-order valence-corrected chi connectivity index (χ2v) is 7.02. The number of benzene rings is 1. The maximum atomic E-state index is 13.8. The van der Waals surface area contributed by atoms with Gasteiger partial charge in [0.1, 0.15) is 11.4 Å². The fourth-order valence-electron chi connectivity index (χ4n) is 2.77. The van der Waals surface area contributed by atoms with E-state index in [1.54, 1.807) is 36.1 Å². The average Bonchev–Trinajstić information content (AvgIpc) is 3.10. The zero-order valence-electron chi connectivity index (χ0n) is 17.1. The summed E-state index contributed by atoms with van der Waals surface area (Å²) < 4.78 is 15.5. The van der Waals surface area contributed by atoms with Crippen LogP contribution in [0.4, 0.5) is 10.1 Å². The highest BCUT2D eigenvalue weighted by atomic mass is 19.1. The third-order valence-electron chi connectivity index (χ3n) is 4.44. The van der Waals surface area contributed by atoms with Crippen LogP contribution in [0.2, 0.25) is 0 Å². The molecule has 0 spiro atoms. The molecule has 0 radical (unpaired) electrons. The number of aliphatic imine (C=N–C) groups is 1. The van der Waals surface area contributed by atoms with E-state index >= 15 is 0 Å². The summed E-state index contributed by atoms with van der Waals surface area (Å²) in [5.74, 6) is 0.422. The number of nitrogens with one attached hydrogen (secondary N) is 2. The van der Waals surface area contributed by atoms with Crippen molar-refractivity contribution in [3.05, 3.63) is 48.0 Å².